The summed E-state index contributed by atoms with van der Waals surface area (Å²) in [6.07, 6.45) is 3.09. The van der Waals surface area contributed by atoms with E-state index in [1.54, 1.807) is 23.0 Å². The van der Waals surface area contributed by atoms with Crippen LogP contribution in [0, 0.1) is 0 Å². The molecule has 0 spiro atoms. The number of rotatable bonds is 5. The van der Waals surface area contributed by atoms with Crippen molar-refractivity contribution in [2.75, 3.05) is 7.11 Å². The standard InChI is InChI=1S/C17H19N7O2/c1-12-17(25)22(7-13-3-5-14(26-2)6-4-13)8-15-20-21-16(24(12)15)9-23-11-18-10-19-23/h3-6,10-12H,7-9H2,1-2H3/t12-/m0/s1. The summed E-state index contributed by atoms with van der Waals surface area (Å²) < 4.78 is 8.74. The van der Waals surface area contributed by atoms with E-state index < -0.39 is 0 Å². The van der Waals surface area contributed by atoms with Gasteiger partial charge in [0.15, 0.2) is 11.6 Å². The van der Waals surface area contributed by atoms with Crippen molar-refractivity contribution < 1.29 is 9.53 Å². The number of nitrogens with zero attached hydrogens (tertiary/aromatic N) is 7. The minimum absolute atomic E-state index is 0.0490. The number of hydrogen-bond donors (Lipinski definition) is 0. The summed E-state index contributed by atoms with van der Waals surface area (Å²) >= 11 is 0. The van der Waals surface area contributed by atoms with Crippen molar-refractivity contribution in [2.24, 2.45) is 0 Å². The monoisotopic (exact) mass is 353 g/mol. The topological polar surface area (TPSA) is 91.0 Å². The maximum Gasteiger partial charge on any atom is 0.246 e. The quantitative estimate of drug-likeness (QED) is 0.680. The van der Waals surface area contributed by atoms with Gasteiger partial charge in [-0.3, -0.25) is 9.36 Å². The molecule has 0 saturated carbocycles. The zero-order chi connectivity index (χ0) is 18.1. The van der Waals surface area contributed by atoms with Gasteiger partial charge in [-0.2, -0.15) is 5.10 Å². The molecule has 1 aliphatic heterocycles. The first-order valence-corrected chi connectivity index (χ1v) is 8.32. The number of methoxy groups -OCH3 is 1. The van der Waals surface area contributed by atoms with Crippen LogP contribution in [0.4, 0.5) is 0 Å². The van der Waals surface area contributed by atoms with E-state index in [2.05, 4.69) is 20.3 Å². The highest BCUT2D eigenvalue weighted by Gasteiger charge is 2.33. The van der Waals surface area contributed by atoms with E-state index in [0.29, 0.717) is 25.5 Å². The van der Waals surface area contributed by atoms with Crippen LogP contribution in [-0.4, -0.2) is 47.4 Å². The van der Waals surface area contributed by atoms with E-state index in [-0.39, 0.29) is 11.9 Å². The lowest BCUT2D eigenvalue weighted by atomic mass is 10.1. The normalized spacial score (nSPS) is 16.6. The number of aromatic nitrogens is 6. The van der Waals surface area contributed by atoms with Crippen molar-refractivity contribution in [3.63, 3.8) is 0 Å². The summed E-state index contributed by atoms with van der Waals surface area (Å²) in [6.45, 7) is 3.27. The highest BCUT2D eigenvalue weighted by molar-refractivity contribution is 5.81. The summed E-state index contributed by atoms with van der Waals surface area (Å²) in [5, 5.41) is 12.6. The molecule has 1 atom stereocenters. The molecule has 0 bridgehead atoms. The lowest BCUT2D eigenvalue weighted by molar-refractivity contribution is -0.137. The Morgan fingerprint density at radius 2 is 2.00 bits per heavy atom. The Morgan fingerprint density at radius 3 is 2.69 bits per heavy atom. The molecule has 1 amide bonds. The molecule has 134 valence electrons. The van der Waals surface area contributed by atoms with Crippen molar-refractivity contribution in [3.8, 4) is 5.75 Å². The predicted octanol–water partition coefficient (Wildman–Crippen LogP) is 1.03. The number of carbonyl (C=O) groups is 1. The Bertz CT molecular complexity index is 902. The number of ether oxygens (including phenoxy) is 1. The second-order valence-electron chi connectivity index (χ2n) is 6.21. The molecule has 9 heteroatoms. The number of carbonyl (C=O) groups excluding carboxylic acids is 1. The van der Waals surface area contributed by atoms with Crippen LogP contribution in [0.1, 0.15) is 30.2 Å². The molecule has 0 N–H and O–H groups in total. The van der Waals surface area contributed by atoms with E-state index in [9.17, 15) is 4.79 Å². The second kappa shape index (κ2) is 6.58. The van der Waals surface area contributed by atoms with E-state index in [1.807, 2.05) is 35.8 Å². The van der Waals surface area contributed by atoms with Crippen LogP contribution < -0.4 is 4.74 Å². The first kappa shape index (κ1) is 16.2. The van der Waals surface area contributed by atoms with Crippen LogP contribution in [0.2, 0.25) is 0 Å². The number of benzene rings is 1. The summed E-state index contributed by atoms with van der Waals surface area (Å²) in [5.41, 5.74) is 1.04. The molecule has 3 aromatic rings. The lowest BCUT2D eigenvalue weighted by Gasteiger charge is -2.32. The highest BCUT2D eigenvalue weighted by atomic mass is 16.5. The van der Waals surface area contributed by atoms with Gasteiger partial charge in [-0.25, -0.2) is 9.67 Å². The summed E-state index contributed by atoms with van der Waals surface area (Å²) in [5.74, 6) is 2.33. The fraction of sp³-hybridized carbons (Fsp3) is 0.353. The van der Waals surface area contributed by atoms with E-state index in [0.717, 1.165) is 17.1 Å². The maximum atomic E-state index is 12.9. The molecule has 4 rings (SSSR count). The number of fused-ring (bicyclic) bond motifs is 1. The maximum absolute atomic E-state index is 12.9. The van der Waals surface area contributed by atoms with E-state index in [4.69, 9.17) is 4.74 Å². The van der Waals surface area contributed by atoms with Crippen molar-refractivity contribution in [1.29, 1.82) is 0 Å². The van der Waals surface area contributed by atoms with Crippen LogP contribution in [0.3, 0.4) is 0 Å². The number of hydrogen-bond acceptors (Lipinski definition) is 6. The smallest absolute Gasteiger partial charge is 0.246 e. The Balaban J connectivity index is 1.55. The fourth-order valence-electron chi connectivity index (χ4n) is 3.19. The van der Waals surface area contributed by atoms with Crippen LogP contribution in [0.25, 0.3) is 0 Å². The first-order chi connectivity index (χ1) is 12.7. The molecular formula is C17H19N7O2. The predicted molar refractivity (Wildman–Crippen MR) is 91.1 cm³/mol. The Morgan fingerprint density at radius 1 is 1.19 bits per heavy atom. The van der Waals surface area contributed by atoms with Gasteiger partial charge in [0.1, 0.15) is 31.0 Å². The van der Waals surface area contributed by atoms with E-state index in [1.165, 1.54) is 6.33 Å². The van der Waals surface area contributed by atoms with Gasteiger partial charge in [-0.1, -0.05) is 12.1 Å². The molecule has 3 heterocycles. The molecule has 0 radical (unpaired) electrons. The Kier molecular flexibility index (Phi) is 4.11. The third-order valence-corrected chi connectivity index (χ3v) is 4.53. The van der Waals surface area contributed by atoms with Gasteiger partial charge in [0.25, 0.3) is 0 Å². The van der Waals surface area contributed by atoms with Crippen LogP contribution in [0.15, 0.2) is 36.9 Å². The lowest BCUT2D eigenvalue weighted by Crippen LogP contribution is -2.41. The van der Waals surface area contributed by atoms with Crippen molar-refractivity contribution in [1.82, 2.24) is 34.4 Å². The van der Waals surface area contributed by atoms with Gasteiger partial charge in [0.2, 0.25) is 5.91 Å². The average molecular weight is 353 g/mol. The van der Waals surface area contributed by atoms with Gasteiger partial charge in [-0.05, 0) is 24.6 Å². The molecule has 0 aliphatic carbocycles. The molecule has 2 aromatic heterocycles. The summed E-state index contributed by atoms with van der Waals surface area (Å²) in [4.78, 5) is 18.6. The van der Waals surface area contributed by atoms with Crippen LogP contribution in [0.5, 0.6) is 5.75 Å². The largest absolute Gasteiger partial charge is 0.497 e. The van der Waals surface area contributed by atoms with Crippen LogP contribution >= 0.6 is 0 Å². The second-order valence-corrected chi connectivity index (χ2v) is 6.21. The molecule has 9 nitrogen and oxygen atoms in total. The minimum Gasteiger partial charge on any atom is -0.497 e. The van der Waals surface area contributed by atoms with Crippen molar-refractivity contribution in [2.45, 2.75) is 32.6 Å². The first-order valence-electron chi connectivity index (χ1n) is 8.32. The minimum atomic E-state index is -0.356. The zero-order valence-corrected chi connectivity index (χ0v) is 14.6. The third-order valence-electron chi connectivity index (χ3n) is 4.53. The molecule has 0 fully saturated rings. The highest BCUT2D eigenvalue weighted by Crippen LogP contribution is 2.25. The van der Waals surface area contributed by atoms with Crippen molar-refractivity contribution >= 4 is 5.91 Å². The Labute approximate surface area is 150 Å². The summed E-state index contributed by atoms with van der Waals surface area (Å²) in [6, 6.07) is 7.36. The molecular weight excluding hydrogens is 334 g/mol. The Hall–Kier alpha value is -3.23. The molecule has 1 aliphatic rings. The SMILES string of the molecule is COc1ccc(CN2Cc3nnc(Cn4cncn4)n3[C@@H](C)C2=O)cc1. The zero-order valence-electron chi connectivity index (χ0n) is 14.6. The third kappa shape index (κ3) is 2.92. The average Bonchev–Trinajstić information content (AvgIpc) is 3.30. The van der Waals surface area contributed by atoms with E-state index >= 15 is 0 Å². The van der Waals surface area contributed by atoms with Crippen LogP contribution in [-0.2, 0) is 24.4 Å². The number of amides is 1. The summed E-state index contributed by atoms with van der Waals surface area (Å²) in [7, 11) is 1.63. The van der Waals surface area contributed by atoms with Gasteiger partial charge >= 0.3 is 0 Å². The van der Waals surface area contributed by atoms with Crippen molar-refractivity contribution in [3.05, 3.63) is 54.1 Å². The molecule has 26 heavy (non-hydrogen) atoms. The molecule has 0 unspecified atom stereocenters. The van der Waals surface area contributed by atoms with Gasteiger partial charge in [0, 0.05) is 6.54 Å². The van der Waals surface area contributed by atoms with Gasteiger partial charge in [-0.15, -0.1) is 10.2 Å². The van der Waals surface area contributed by atoms with Gasteiger partial charge in [0.05, 0.1) is 13.7 Å². The van der Waals surface area contributed by atoms with Gasteiger partial charge < -0.3 is 9.64 Å². The molecule has 0 saturated heterocycles. The fourth-order valence-corrected chi connectivity index (χ4v) is 3.19. The molecule has 1 aromatic carbocycles.